The molecule has 0 aromatic carbocycles. The second-order valence-electron chi connectivity index (χ2n) is 4.31. The van der Waals surface area contributed by atoms with Crippen LogP contribution in [0.5, 0.6) is 0 Å². The van der Waals surface area contributed by atoms with E-state index in [2.05, 4.69) is 32.7 Å². The number of aromatic nitrogens is 1. The Morgan fingerprint density at radius 3 is 2.54 bits per heavy atom. The largest absolute Gasteiger partial charge is 0.330 e. The van der Waals surface area contributed by atoms with E-state index in [0.717, 1.165) is 5.01 Å². The molecule has 0 aliphatic rings. The van der Waals surface area contributed by atoms with Crippen LogP contribution in [0.15, 0.2) is 6.20 Å². The molecule has 0 bridgehead atoms. The first-order valence-corrected chi connectivity index (χ1v) is 5.45. The van der Waals surface area contributed by atoms with Crippen molar-refractivity contribution in [1.82, 2.24) is 4.98 Å². The summed E-state index contributed by atoms with van der Waals surface area (Å²) >= 11 is 1.78. The molecule has 0 unspecified atom stereocenters. The van der Waals surface area contributed by atoms with Gasteiger partial charge in [-0.05, 0) is 5.92 Å². The van der Waals surface area contributed by atoms with Gasteiger partial charge >= 0.3 is 0 Å². The van der Waals surface area contributed by atoms with Crippen LogP contribution in [0.4, 0.5) is 0 Å². The number of nitrogens with zero attached hydrogens (tertiary/aromatic N) is 1. The molecule has 0 saturated heterocycles. The Hall–Kier alpha value is -0.410. The minimum absolute atomic E-state index is 0.0256. The minimum Gasteiger partial charge on any atom is -0.330 e. The van der Waals surface area contributed by atoms with Crippen LogP contribution in [0.2, 0.25) is 0 Å². The molecule has 0 radical (unpaired) electrons. The Morgan fingerprint density at radius 2 is 2.15 bits per heavy atom. The van der Waals surface area contributed by atoms with E-state index < -0.39 is 0 Å². The third-order valence-corrected chi connectivity index (χ3v) is 3.85. The number of nitrogens with two attached hydrogens (primary N) is 1. The van der Waals surface area contributed by atoms with E-state index in [1.807, 2.05) is 6.20 Å². The summed E-state index contributed by atoms with van der Waals surface area (Å²) in [6.45, 7) is 9.30. The summed E-state index contributed by atoms with van der Waals surface area (Å²) in [6.07, 6.45) is 1.97. The van der Waals surface area contributed by atoms with E-state index >= 15 is 0 Å². The molecule has 2 nitrogen and oxygen atoms in total. The Kier molecular flexibility index (Phi) is 3.09. The number of hydrogen-bond donors (Lipinski definition) is 1. The van der Waals surface area contributed by atoms with Crippen LogP contribution in [0.25, 0.3) is 0 Å². The first-order chi connectivity index (χ1) is 5.97. The lowest BCUT2D eigenvalue weighted by Gasteiger charge is -2.18. The third kappa shape index (κ3) is 2.29. The Bertz CT molecular complexity index is 276. The fourth-order valence-corrected chi connectivity index (χ4v) is 1.98. The fraction of sp³-hybridized carbons (Fsp3) is 0.700. The van der Waals surface area contributed by atoms with Gasteiger partial charge < -0.3 is 5.73 Å². The summed E-state index contributed by atoms with van der Waals surface area (Å²) in [5.74, 6) is 0.569. The smallest absolute Gasteiger partial charge is 0.0996 e. The second kappa shape index (κ2) is 3.76. The van der Waals surface area contributed by atoms with E-state index in [1.54, 1.807) is 11.3 Å². The zero-order valence-corrected chi connectivity index (χ0v) is 9.61. The van der Waals surface area contributed by atoms with Crippen molar-refractivity contribution in [1.29, 1.82) is 0 Å². The van der Waals surface area contributed by atoms with Gasteiger partial charge in [-0.15, -0.1) is 11.3 Å². The molecule has 0 aliphatic carbocycles. The van der Waals surface area contributed by atoms with Gasteiger partial charge in [-0.2, -0.15) is 0 Å². The van der Waals surface area contributed by atoms with Crippen LogP contribution < -0.4 is 5.73 Å². The maximum atomic E-state index is 5.69. The van der Waals surface area contributed by atoms with Gasteiger partial charge in [-0.25, -0.2) is 4.98 Å². The number of thiazole rings is 1. The minimum atomic E-state index is 0.0256. The number of hydrogen-bond acceptors (Lipinski definition) is 3. The molecule has 3 heteroatoms. The molecular weight excluding hydrogens is 180 g/mol. The van der Waals surface area contributed by atoms with Crippen LogP contribution >= 0.6 is 11.3 Å². The zero-order chi connectivity index (χ0) is 10.1. The Morgan fingerprint density at radius 1 is 1.54 bits per heavy atom. The Labute approximate surface area is 84.2 Å². The van der Waals surface area contributed by atoms with Crippen molar-refractivity contribution in [2.45, 2.75) is 39.0 Å². The molecule has 1 heterocycles. The predicted octanol–water partition coefficient (Wildman–Crippen LogP) is 2.50. The zero-order valence-electron chi connectivity index (χ0n) is 8.79. The molecule has 13 heavy (non-hydrogen) atoms. The maximum absolute atomic E-state index is 5.69. The van der Waals surface area contributed by atoms with Crippen molar-refractivity contribution >= 4 is 11.3 Å². The molecule has 0 aliphatic heterocycles. The van der Waals surface area contributed by atoms with Crippen LogP contribution in [0.3, 0.4) is 0 Å². The van der Waals surface area contributed by atoms with Crippen molar-refractivity contribution in [2.75, 3.05) is 6.54 Å². The highest BCUT2D eigenvalue weighted by atomic mass is 32.1. The highest BCUT2D eigenvalue weighted by Gasteiger charge is 2.22. The summed E-state index contributed by atoms with van der Waals surface area (Å²) in [5.41, 5.74) is 5.72. The summed E-state index contributed by atoms with van der Waals surface area (Å²) < 4.78 is 0. The van der Waals surface area contributed by atoms with Gasteiger partial charge in [-0.1, -0.05) is 27.7 Å². The predicted molar refractivity (Wildman–Crippen MR) is 58.3 cm³/mol. The van der Waals surface area contributed by atoms with Gasteiger partial charge in [0.25, 0.3) is 0 Å². The maximum Gasteiger partial charge on any atom is 0.0996 e. The topological polar surface area (TPSA) is 38.9 Å². The molecule has 2 N–H and O–H groups in total. The molecule has 0 fully saturated rings. The molecule has 1 aromatic heterocycles. The summed E-state index contributed by atoms with van der Waals surface area (Å²) in [7, 11) is 0. The fourth-order valence-electron chi connectivity index (χ4n) is 0.954. The highest BCUT2D eigenvalue weighted by Crippen LogP contribution is 2.29. The quantitative estimate of drug-likeness (QED) is 0.810. The van der Waals surface area contributed by atoms with Crippen LogP contribution in [0.1, 0.15) is 43.5 Å². The first-order valence-electron chi connectivity index (χ1n) is 4.63. The van der Waals surface area contributed by atoms with Gasteiger partial charge in [0.1, 0.15) is 0 Å². The van der Waals surface area contributed by atoms with E-state index in [9.17, 15) is 0 Å². The lowest BCUT2D eigenvalue weighted by Crippen LogP contribution is -2.27. The first kappa shape index (κ1) is 10.7. The van der Waals surface area contributed by atoms with Gasteiger partial charge in [-0.3, -0.25) is 0 Å². The van der Waals surface area contributed by atoms with Crippen LogP contribution in [-0.4, -0.2) is 11.5 Å². The number of rotatable bonds is 3. The molecule has 1 rings (SSSR count). The van der Waals surface area contributed by atoms with E-state index in [-0.39, 0.29) is 5.41 Å². The summed E-state index contributed by atoms with van der Waals surface area (Å²) in [6, 6.07) is 0. The normalized spacial score (nSPS) is 12.5. The standard InChI is InChI=1S/C10H18N2S/c1-7(2)8-5-12-9(13-8)10(3,4)6-11/h5,7H,6,11H2,1-4H3. The van der Waals surface area contributed by atoms with Crippen molar-refractivity contribution in [3.05, 3.63) is 16.1 Å². The monoisotopic (exact) mass is 198 g/mol. The molecule has 1 aromatic rings. The molecular formula is C10H18N2S. The van der Waals surface area contributed by atoms with E-state index in [1.165, 1.54) is 4.88 Å². The lowest BCUT2D eigenvalue weighted by molar-refractivity contribution is 0.535. The van der Waals surface area contributed by atoms with Crippen molar-refractivity contribution in [3.8, 4) is 0 Å². The average molecular weight is 198 g/mol. The van der Waals surface area contributed by atoms with Gasteiger partial charge in [0.2, 0.25) is 0 Å². The van der Waals surface area contributed by atoms with Gasteiger partial charge in [0.15, 0.2) is 0 Å². The van der Waals surface area contributed by atoms with Gasteiger partial charge in [0.05, 0.1) is 5.01 Å². The van der Waals surface area contributed by atoms with Gasteiger partial charge in [0, 0.05) is 23.0 Å². The van der Waals surface area contributed by atoms with Crippen LogP contribution in [-0.2, 0) is 5.41 Å². The highest BCUT2D eigenvalue weighted by molar-refractivity contribution is 7.11. The summed E-state index contributed by atoms with van der Waals surface area (Å²) in [5, 5.41) is 1.15. The average Bonchev–Trinajstić information content (AvgIpc) is 2.52. The van der Waals surface area contributed by atoms with Crippen molar-refractivity contribution < 1.29 is 0 Å². The molecule has 74 valence electrons. The molecule has 0 atom stereocenters. The van der Waals surface area contributed by atoms with Crippen molar-refractivity contribution in [3.63, 3.8) is 0 Å². The SMILES string of the molecule is CC(C)c1cnc(C(C)(C)CN)s1. The molecule has 0 amide bonds. The molecule has 0 saturated carbocycles. The van der Waals surface area contributed by atoms with Crippen molar-refractivity contribution in [2.24, 2.45) is 5.73 Å². The molecule has 0 spiro atoms. The third-order valence-electron chi connectivity index (χ3n) is 2.18. The van der Waals surface area contributed by atoms with Crippen LogP contribution in [0, 0.1) is 0 Å². The van der Waals surface area contributed by atoms with E-state index in [4.69, 9.17) is 5.73 Å². The second-order valence-corrected chi connectivity index (χ2v) is 5.37. The summed E-state index contributed by atoms with van der Waals surface area (Å²) in [4.78, 5) is 5.76. The Balaban J connectivity index is 2.91. The lowest BCUT2D eigenvalue weighted by atomic mass is 9.95. The van der Waals surface area contributed by atoms with E-state index in [0.29, 0.717) is 12.5 Å².